The van der Waals surface area contributed by atoms with Gasteiger partial charge >= 0.3 is 12.1 Å². The summed E-state index contributed by atoms with van der Waals surface area (Å²) in [6, 6.07) is 22.7. The van der Waals surface area contributed by atoms with Crippen LogP contribution in [0.2, 0.25) is 10.0 Å². The smallest absolute Gasteiger partial charge is 0.347 e. The number of hydroxylamine groups is 2. The number of nitrogens with zero attached hydrogens (tertiary/aromatic N) is 4. The molecule has 1 aliphatic rings. The Morgan fingerprint density at radius 2 is 1.70 bits per heavy atom. The third-order valence-corrected chi connectivity index (χ3v) is 8.45. The molecule has 0 unspecified atom stereocenters. The molecule has 244 valence electrons. The summed E-state index contributed by atoms with van der Waals surface area (Å²) >= 11 is 12.3. The van der Waals surface area contributed by atoms with Crippen molar-refractivity contribution in [3.05, 3.63) is 101 Å². The van der Waals surface area contributed by atoms with Crippen molar-refractivity contribution in [2.24, 2.45) is 5.10 Å². The number of urea groups is 2. The van der Waals surface area contributed by atoms with E-state index >= 15 is 0 Å². The van der Waals surface area contributed by atoms with Gasteiger partial charge in [0.1, 0.15) is 5.75 Å². The number of phenolic OH excluding ortho intramolecular Hbond substituents is 1. The third kappa shape index (κ3) is 7.43. The number of hydrogen-bond acceptors (Lipinski definition) is 6. The second kappa shape index (κ2) is 14.3. The van der Waals surface area contributed by atoms with Gasteiger partial charge in [0.05, 0.1) is 11.8 Å². The molecule has 1 fully saturated rings. The molecule has 1 atom stereocenters. The van der Waals surface area contributed by atoms with Gasteiger partial charge in [0, 0.05) is 39.9 Å². The van der Waals surface area contributed by atoms with E-state index in [-0.39, 0.29) is 24.6 Å². The minimum Gasteiger partial charge on any atom is -0.507 e. The normalized spacial score (nSPS) is 15.8. The summed E-state index contributed by atoms with van der Waals surface area (Å²) in [5.41, 5.74) is 2.68. The molecule has 0 aromatic heterocycles. The number of carbonyl (C=O) groups is 3. The molecule has 1 aliphatic heterocycles. The summed E-state index contributed by atoms with van der Waals surface area (Å²) < 4.78 is 0. The van der Waals surface area contributed by atoms with Crippen LogP contribution in [-0.4, -0.2) is 62.7 Å². The minimum atomic E-state index is -1.14. The standard InChI is InChI=1S/C34H34Cl2N6O5/c1-34(2)31(42(47)32(45)38-25-12-7-10-23(35)19-25)41(26-13-8-11-24(36)20-26)33(46)40(34)18-6-5-15-30(44)39-37-21-28-27-14-4-3-9-22(27)16-17-29(28)43/h3-4,7-14,16-17,19-21,31,43,47H,5-6,15,18H2,1-2H3,(H,38,45)(H,39,44)/b37-21-/t31-/m0/s1. The lowest BCUT2D eigenvalue weighted by atomic mass is 9.99. The highest BCUT2D eigenvalue weighted by Gasteiger charge is 2.55. The third-order valence-electron chi connectivity index (χ3n) is 7.98. The van der Waals surface area contributed by atoms with Crippen LogP contribution in [0.3, 0.4) is 0 Å². The molecule has 5 amide bonds. The van der Waals surface area contributed by atoms with Crippen molar-refractivity contribution >= 4 is 69.5 Å². The summed E-state index contributed by atoms with van der Waals surface area (Å²) in [4.78, 5) is 42.6. The number of rotatable bonds is 10. The first-order chi connectivity index (χ1) is 22.5. The van der Waals surface area contributed by atoms with Gasteiger partial charge in [-0.2, -0.15) is 10.2 Å². The molecule has 1 saturated heterocycles. The Hall–Kier alpha value is -4.84. The number of phenols is 1. The Kier molecular flexibility index (Phi) is 10.2. The van der Waals surface area contributed by atoms with Crippen LogP contribution >= 0.6 is 23.2 Å². The number of nitrogens with one attached hydrogen (secondary N) is 2. The molecule has 4 N–H and O–H groups in total. The van der Waals surface area contributed by atoms with Crippen LogP contribution in [0.1, 0.15) is 38.7 Å². The fourth-order valence-corrected chi connectivity index (χ4v) is 6.04. The van der Waals surface area contributed by atoms with Crippen LogP contribution in [0.5, 0.6) is 5.75 Å². The van der Waals surface area contributed by atoms with Crippen molar-refractivity contribution in [2.45, 2.75) is 44.8 Å². The number of unbranched alkanes of at least 4 members (excludes halogenated alkanes) is 1. The van der Waals surface area contributed by atoms with Crippen molar-refractivity contribution in [2.75, 3.05) is 16.8 Å². The molecule has 0 spiro atoms. The van der Waals surface area contributed by atoms with E-state index in [0.717, 1.165) is 10.8 Å². The Morgan fingerprint density at radius 3 is 2.45 bits per heavy atom. The predicted molar refractivity (Wildman–Crippen MR) is 183 cm³/mol. The van der Waals surface area contributed by atoms with Gasteiger partial charge in [-0.25, -0.2) is 15.0 Å². The van der Waals surface area contributed by atoms with Crippen molar-refractivity contribution in [1.82, 2.24) is 15.4 Å². The zero-order chi connectivity index (χ0) is 33.7. The number of carbonyl (C=O) groups excluding carboxylic acids is 3. The zero-order valence-electron chi connectivity index (χ0n) is 25.7. The predicted octanol–water partition coefficient (Wildman–Crippen LogP) is 7.44. The van der Waals surface area contributed by atoms with Gasteiger partial charge in [0.15, 0.2) is 6.17 Å². The topological polar surface area (TPSA) is 138 Å². The molecule has 1 heterocycles. The van der Waals surface area contributed by atoms with Crippen molar-refractivity contribution < 1.29 is 24.7 Å². The Balaban J connectivity index is 1.24. The van der Waals surface area contributed by atoms with E-state index in [0.29, 0.717) is 44.9 Å². The monoisotopic (exact) mass is 676 g/mol. The molecule has 0 saturated carbocycles. The first kappa shape index (κ1) is 33.5. The second-order valence-corrected chi connectivity index (χ2v) is 12.4. The van der Waals surface area contributed by atoms with Gasteiger partial charge in [-0.05, 0) is 79.9 Å². The number of benzene rings is 4. The Labute approximate surface area is 281 Å². The number of hydrogen-bond donors (Lipinski definition) is 4. The van der Waals surface area contributed by atoms with E-state index in [4.69, 9.17) is 23.2 Å². The summed E-state index contributed by atoms with van der Waals surface area (Å²) in [5, 5.41) is 31.2. The van der Waals surface area contributed by atoms with Crippen molar-refractivity contribution in [3.63, 3.8) is 0 Å². The maximum absolute atomic E-state index is 13.9. The van der Waals surface area contributed by atoms with E-state index < -0.39 is 23.8 Å². The summed E-state index contributed by atoms with van der Waals surface area (Å²) in [5.74, 6) is -0.279. The average molecular weight is 678 g/mol. The highest BCUT2D eigenvalue weighted by atomic mass is 35.5. The quantitative estimate of drug-likeness (QED) is 0.0598. The molecule has 0 aliphatic carbocycles. The largest absolute Gasteiger partial charge is 0.507 e. The summed E-state index contributed by atoms with van der Waals surface area (Å²) in [6.45, 7) is 3.74. The van der Waals surface area contributed by atoms with Gasteiger partial charge in [-0.15, -0.1) is 0 Å². The van der Waals surface area contributed by atoms with E-state index in [1.54, 1.807) is 73.3 Å². The molecule has 11 nitrogen and oxygen atoms in total. The second-order valence-electron chi connectivity index (χ2n) is 11.6. The SMILES string of the molecule is CC1(C)[C@H](N(O)C(=O)Nc2cccc(Cl)c2)N(c2cccc(Cl)c2)C(=O)N1CCCCC(=O)N/N=C\c1c(O)ccc2ccccc12. The van der Waals surface area contributed by atoms with Crippen LogP contribution in [0.15, 0.2) is 90.0 Å². The summed E-state index contributed by atoms with van der Waals surface area (Å²) in [6.07, 6.45) is 1.29. The van der Waals surface area contributed by atoms with Crippen LogP contribution in [0.4, 0.5) is 21.0 Å². The minimum absolute atomic E-state index is 0.0492. The molecule has 0 radical (unpaired) electrons. The van der Waals surface area contributed by atoms with Crippen molar-refractivity contribution in [1.29, 1.82) is 0 Å². The van der Waals surface area contributed by atoms with Gasteiger partial charge in [0.25, 0.3) is 0 Å². The van der Waals surface area contributed by atoms with Gasteiger partial charge in [-0.1, -0.05) is 65.7 Å². The van der Waals surface area contributed by atoms with Gasteiger partial charge in [-0.3, -0.25) is 14.9 Å². The Bertz CT molecular complexity index is 1830. The molecule has 0 bridgehead atoms. The molecule has 47 heavy (non-hydrogen) atoms. The molecular formula is C34H34Cl2N6O5. The fourth-order valence-electron chi connectivity index (χ4n) is 5.66. The average Bonchev–Trinajstić information content (AvgIpc) is 3.23. The van der Waals surface area contributed by atoms with Gasteiger partial charge in [0.2, 0.25) is 5.91 Å². The molecule has 4 aromatic carbocycles. The molecular weight excluding hydrogens is 643 g/mol. The number of fused-ring (bicyclic) bond motifs is 1. The highest BCUT2D eigenvalue weighted by molar-refractivity contribution is 6.31. The maximum Gasteiger partial charge on any atom is 0.347 e. The van der Waals surface area contributed by atoms with Crippen molar-refractivity contribution in [3.8, 4) is 5.75 Å². The van der Waals surface area contributed by atoms with Crippen LogP contribution in [-0.2, 0) is 4.79 Å². The number of halogens is 2. The number of anilines is 2. The first-order valence-electron chi connectivity index (χ1n) is 14.9. The molecule has 13 heteroatoms. The van der Waals surface area contributed by atoms with Crippen LogP contribution in [0, 0.1) is 0 Å². The summed E-state index contributed by atoms with van der Waals surface area (Å²) in [7, 11) is 0. The van der Waals surface area contributed by atoms with Crippen LogP contribution < -0.4 is 15.6 Å². The highest BCUT2D eigenvalue weighted by Crippen LogP contribution is 2.39. The number of amides is 5. The van der Waals surface area contributed by atoms with Crippen LogP contribution in [0.25, 0.3) is 10.8 Å². The molecule has 5 rings (SSSR count). The lowest BCUT2D eigenvalue weighted by molar-refractivity contribution is -0.121. The first-order valence-corrected chi connectivity index (χ1v) is 15.7. The number of aromatic hydroxyl groups is 1. The van der Waals surface area contributed by atoms with E-state index in [2.05, 4.69) is 15.8 Å². The lowest BCUT2D eigenvalue weighted by Gasteiger charge is -2.38. The van der Waals surface area contributed by atoms with Gasteiger partial charge < -0.3 is 15.3 Å². The van der Waals surface area contributed by atoms with E-state index in [1.807, 2.05) is 24.3 Å². The van der Waals surface area contributed by atoms with E-state index in [1.165, 1.54) is 17.2 Å². The number of hydrazone groups is 1. The van der Waals surface area contributed by atoms with E-state index in [9.17, 15) is 24.7 Å². The maximum atomic E-state index is 13.9. The molecule has 4 aromatic rings. The lowest BCUT2D eigenvalue weighted by Crippen LogP contribution is -2.58. The Morgan fingerprint density at radius 1 is 0.979 bits per heavy atom. The zero-order valence-corrected chi connectivity index (χ0v) is 27.2. The fraction of sp³-hybridized carbons (Fsp3) is 0.235.